The molecule has 0 saturated heterocycles. The van der Waals surface area contributed by atoms with Gasteiger partial charge in [0.1, 0.15) is 0 Å². The molecule has 5 heteroatoms. The van der Waals surface area contributed by atoms with E-state index in [-0.39, 0.29) is 0 Å². The quantitative estimate of drug-likeness (QED) is 0.915. The molecular formula is C14H16N2O3. The molecule has 5 nitrogen and oxygen atoms in total. The lowest BCUT2D eigenvalue weighted by atomic mass is 9.96. The first-order valence-electron chi connectivity index (χ1n) is 6.33. The van der Waals surface area contributed by atoms with E-state index in [1.54, 1.807) is 13.2 Å². The summed E-state index contributed by atoms with van der Waals surface area (Å²) in [6.45, 7) is 0. The summed E-state index contributed by atoms with van der Waals surface area (Å²) < 4.78 is 16.4. The number of methoxy groups -OCH3 is 1. The normalized spacial score (nSPS) is 15.0. The minimum Gasteiger partial charge on any atom is -0.493 e. The van der Waals surface area contributed by atoms with Crippen LogP contribution in [0.2, 0.25) is 0 Å². The number of aromatic nitrogens is 1. The molecule has 1 aliphatic carbocycles. The van der Waals surface area contributed by atoms with Crippen molar-refractivity contribution in [2.45, 2.75) is 25.4 Å². The van der Waals surface area contributed by atoms with E-state index in [9.17, 15) is 0 Å². The largest absolute Gasteiger partial charge is 0.493 e. The molecule has 0 spiro atoms. The van der Waals surface area contributed by atoms with Gasteiger partial charge in [-0.15, -0.1) is 0 Å². The van der Waals surface area contributed by atoms with Gasteiger partial charge in [-0.1, -0.05) is 5.16 Å². The molecule has 1 aromatic carbocycles. The Hall–Kier alpha value is -2.17. The van der Waals surface area contributed by atoms with Gasteiger partial charge in [0.2, 0.25) is 0 Å². The SMILES string of the molecule is COc1ccc(-c2cc(N)no2)cc1OC1CCC1. The maximum atomic E-state index is 5.92. The Labute approximate surface area is 111 Å². The van der Waals surface area contributed by atoms with E-state index >= 15 is 0 Å². The number of rotatable bonds is 4. The maximum Gasteiger partial charge on any atom is 0.169 e. The topological polar surface area (TPSA) is 70.5 Å². The second-order valence-corrected chi connectivity index (χ2v) is 4.65. The van der Waals surface area contributed by atoms with E-state index in [4.69, 9.17) is 19.7 Å². The van der Waals surface area contributed by atoms with Crippen LogP contribution >= 0.6 is 0 Å². The van der Waals surface area contributed by atoms with Crippen LogP contribution in [0.3, 0.4) is 0 Å². The molecule has 0 atom stereocenters. The number of nitrogen functional groups attached to an aromatic ring is 1. The van der Waals surface area contributed by atoms with Crippen molar-refractivity contribution in [1.29, 1.82) is 0 Å². The lowest BCUT2D eigenvalue weighted by Crippen LogP contribution is -2.24. The molecule has 2 aromatic rings. The second-order valence-electron chi connectivity index (χ2n) is 4.65. The smallest absolute Gasteiger partial charge is 0.169 e. The number of ether oxygens (including phenoxy) is 2. The number of benzene rings is 1. The van der Waals surface area contributed by atoms with Crippen LogP contribution in [0, 0.1) is 0 Å². The van der Waals surface area contributed by atoms with Gasteiger partial charge in [-0.05, 0) is 37.5 Å². The van der Waals surface area contributed by atoms with Crippen LogP contribution < -0.4 is 15.2 Å². The number of anilines is 1. The minimum absolute atomic E-state index is 0.295. The summed E-state index contributed by atoms with van der Waals surface area (Å²) in [6.07, 6.45) is 3.72. The molecule has 1 aromatic heterocycles. The lowest BCUT2D eigenvalue weighted by molar-refractivity contribution is 0.116. The predicted molar refractivity (Wildman–Crippen MR) is 71.2 cm³/mol. The van der Waals surface area contributed by atoms with Crippen molar-refractivity contribution in [1.82, 2.24) is 5.16 Å². The van der Waals surface area contributed by atoms with Gasteiger partial charge in [0.15, 0.2) is 23.1 Å². The summed E-state index contributed by atoms with van der Waals surface area (Å²) in [4.78, 5) is 0. The zero-order valence-corrected chi connectivity index (χ0v) is 10.8. The van der Waals surface area contributed by atoms with Crippen LogP contribution in [0.15, 0.2) is 28.8 Å². The first kappa shape index (κ1) is 11.9. The Morgan fingerprint density at radius 2 is 2.11 bits per heavy atom. The number of hydrogen-bond acceptors (Lipinski definition) is 5. The molecule has 0 aliphatic heterocycles. The van der Waals surface area contributed by atoms with Gasteiger partial charge < -0.3 is 19.7 Å². The van der Waals surface area contributed by atoms with Crippen molar-refractivity contribution in [2.24, 2.45) is 0 Å². The third kappa shape index (κ3) is 2.36. The van der Waals surface area contributed by atoms with E-state index in [2.05, 4.69) is 5.16 Å². The van der Waals surface area contributed by atoms with Crippen LogP contribution in [-0.4, -0.2) is 18.4 Å². The first-order chi connectivity index (χ1) is 9.26. The van der Waals surface area contributed by atoms with Gasteiger partial charge in [0.25, 0.3) is 0 Å². The molecule has 1 fully saturated rings. The Morgan fingerprint density at radius 3 is 2.68 bits per heavy atom. The Morgan fingerprint density at radius 1 is 1.26 bits per heavy atom. The average molecular weight is 260 g/mol. The fourth-order valence-corrected chi connectivity index (χ4v) is 2.02. The molecule has 100 valence electrons. The second kappa shape index (κ2) is 4.84. The first-order valence-corrected chi connectivity index (χ1v) is 6.33. The van der Waals surface area contributed by atoms with Crippen molar-refractivity contribution in [2.75, 3.05) is 12.8 Å². The average Bonchev–Trinajstić information content (AvgIpc) is 2.80. The molecule has 3 rings (SSSR count). The van der Waals surface area contributed by atoms with Crippen LogP contribution in [0.1, 0.15) is 19.3 Å². The zero-order valence-electron chi connectivity index (χ0n) is 10.8. The van der Waals surface area contributed by atoms with Crippen molar-refractivity contribution >= 4 is 5.82 Å². The molecule has 1 saturated carbocycles. The van der Waals surface area contributed by atoms with Gasteiger partial charge in [-0.2, -0.15) is 0 Å². The van der Waals surface area contributed by atoms with Crippen LogP contribution in [-0.2, 0) is 0 Å². The highest BCUT2D eigenvalue weighted by atomic mass is 16.5. The fraction of sp³-hybridized carbons (Fsp3) is 0.357. The van der Waals surface area contributed by atoms with Crippen LogP contribution in [0.25, 0.3) is 11.3 Å². The molecular weight excluding hydrogens is 244 g/mol. The number of nitrogens with zero attached hydrogens (tertiary/aromatic N) is 1. The highest BCUT2D eigenvalue weighted by Crippen LogP contribution is 2.36. The van der Waals surface area contributed by atoms with Gasteiger partial charge in [-0.25, -0.2) is 0 Å². The summed E-state index contributed by atoms with van der Waals surface area (Å²) >= 11 is 0. The number of hydrogen-bond donors (Lipinski definition) is 1. The molecule has 1 aliphatic rings. The summed E-state index contributed by atoms with van der Waals surface area (Å²) in [5.74, 6) is 2.45. The summed E-state index contributed by atoms with van der Waals surface area (Å²) in [6, 6.07) is 7.35. The molecule has 0 radical (unpaired) electrons. The molecule has 2 N–H and O–H groups in total. The fourth-order valence-electron chi connectivity index (χ4n) is 2.02. The van der Waals surface area contributed by atoms with Crippen LogP contribution in [0.4, 0.5) is 5.82 Å². The van der Waals surface area contributed by atoms with Crippen molar-refractivity contribution in [3.8, 4) is 22.8 Å². The van der Waals surface area contributed by atoms with Gasteiger partial charge >= 0.3 is 0 Å². The standard InChI is InChI=1S/C14H16N2O3/c1-17-11-6-5-9(12-8-14(15)16-19-12)7-13(11)18-10-3-2-4-10/h5-8,10H,2-4H2,1H3,(H2,15,16). The van der Waals surface area contributed by atoms with E-state index in [0.29, 0.717) is 17.7 Å². The Bertz CT molecular complexity index is 576. The zero-order chi connectivity index (χ0) is 13.2. The Kier molecular flexibility index (Phi) is 3.03. The third-order valence-corrected chi connectivity index (χ3v) is 3.32. The predicted octanol–water partition coefficient (Wildman–Crippen LogP) is 2.86. The van der Waals surface area contributed by atoms with E-state index in [0.717, 1.165) is 29.9 Å². The van der Waals surface area contributed by atoms with E-state index in [1.807, 2.05) is 18.2 Å². The minimum atomic E-state index is 0.295. The van der Waals surface area contributed by atoms with Gasteiger partial charge in [-0.3, -0.25) is 0 Å². The Balaban J connectivity index is 1.91. The van der Waals surface area contributed by atoms with Gasteiger partial charge in [0, 0.05) is 11.6 Å². The summed E-state index contributed by atoms with van der Waals surface area (Å²) in [5.41, 5.74) is 6.44. The molecule has 0 bridgehead atoms. The highest BCUT2D eigenvalue weighted by molar-refractivity contribution is 5.64. The monoisotopic (exact) mass is 260 g/mol. The third-order valence-electron chi connectivity index (χ3n) is 3.32. The highest BCUT2D eigenvalue weighted by Gasteiger charge is 2.21. The van der Waals surface area contributed by atoms with Crippen molar-refractivity contribution < 1.29 is 14.0 Å². The van der Waals surface area contributed by atoms with Crippen molar-refractivity contribution in [3.05, 3.63) is 24.3 Å². The van der Waals surface area contributed by atoms with Crippen LogP contribution in [0.5, 0.6) is 11.5 Å². The van der Waals surface area contributed by atoms with Gasteiger partial charge in [0.05, 0.1) is 13.2 Å². The maximum absolute atomic E-state index is 5.92. The molecule has 0 unspecified atom stereocenters. The number of nitrogens with two attached hydrogens (primary N) is 1. The molecule has 19 heavy (non-hydrogen) atoms. The molecule has 1 heterocycles. The van der Waals surface area contributed by atoms with Crippen molar-refractivity contribution in [3.63, 3.8) is 0 Å². The summed E-state index contributed by atoms with van der Waals surface area (Å²) in [5, 5.41) is 3.68. The molecule has 0 amide bonds. The van der Waals surface area contributed by atoms with E-state index in [1.165, 1.54) is 6.42 Å². The van der Waals surface area contributed by atoms with E-state index < -0.39 is 0 Å². The summed E-state index contributed by atoms with van der Waals surface area (Å²) in [7, 11) is 1.63. The lowest BCUT2D eigenvalue weighted by Gasteiger charge is -2.27.